The summed E-state index contributed by atoms with van der Waals surface area (Å²) in [6, 6.07) is 0. The van der Waals surface area contributed by atoms with Gasteiger partial charge in [-0.2, -0.15) is 0 Å². The molecule has 0 spiro atoms. The molecule has 17 heavy (non-hydrogen) atoms. The van der Waals surface area contributed by atoms with Crippen LogP contribution in [0.1, 0.15) is 27.7 Å². The van der Waals surface area contributed by atoms with E-state index in [4.69, 9.17) is 10.4 Å². The Morgan fingerprint density at radius 3 is 1.00 bits per heavy atom. The maximum absolute atomic E-state index is 9.63. The van der Waals surface area contributed by atoms with E-state index in [1.807, 2.05) is 0 Å². The van der Waals surface area contributed by atoms with Crippen LogP contribution in [0.15, 0.2) is 20.6 Å². The summed E-state index contributed by atoms with van der Waals surface area (Å²) in [5.41, 5.74) is 0.903. The van der Waals surface area contributed by atoms with Crippen LogP contribution in [-0.2, 0) is 16.8 Å². The Hall–Kier alpha value is -1.61. The summed E-state index contributed by atoms with van der Waals surface area (Å²) in [5.74, 6) is 0. The summed E-state index contributed by atoms with van der Waals surface area (Å²) in [7, 11) is 0. The Morgan fingerprint density at radius 1 is 0.706 bits per heavy atom. The summed E-state index contributed by atoms with van der Waals surface area (Å²) in [5, 5.41) is 45.8. The van der Waals surface area contributed by atoms with Crippen molar-refractivity contribution in [1.82, 2.24) is 0 Å². The van der Waals surface area contributed by atoms with Gasteiger partial charge in [0.25, 0.3) is 0 Å². The minimum Gasteiger partial charge on any atom is -0.792 e. The summed E-state index contributed by atoms with van der Waals surface area (Å²) in [4.78, 5) is 0. The third-order valence-electron chi connectivity index (χ3n) is 1.62. The standard InChI is InChI=1S/2C4H8N2O2.Co/c2*1-3(5-7)4(2)6-8;/h2*7-8H,1-2H3;/q;;+2/p-2. The molecule has 0 bridgehead atoms. The molecule has 0 aliphatic carbocycles. The van der Waals surface area contributed by atoms with Gasteiger partial charge in [0.2, 0.25) is 0 Å². The van der Waals surface area contributed by atoms with E-state index in [1.54, 1.807) is 0 Å². The number of nitrogens with zero attached hydrogens (tertiary/aromatic N) is 4. The van der Waals surface area contributed by atoms with Gasteiger partial charge in [0.1, 0.15) is 0 Å². The zero-order valence-electron chi connectivity index (χ0n) is 9.83. The van der Waals surface area contributed by atoms with Crippen LogP contribution in [0.3, 0.4) is 0 Å². The fourth-order valence-corrected chi connectivity index (χ4v) is 0.277. The molecule has 0 unspecified atom stereocenters. The first-order chi connectivity index (χ1) is 7.44. The Bertz CT molecular complexity index is 261. The van der Waals surface area contributed by atoms with Crippen LogP contribution >= 0.6 is 0 Å². The molecule has 99 valence electrons. The Kier molecular flexibility index (Phi) is 15.2. The summed E-state index contributed by atoms with van der Waals surface area (Å²) in [6.07, 6.45) is 0. The van der Waals surface area contributed by atoms with Crippen molar-refractivity contribution in [3.63, 3.8) is 0 Å². The Morgan fingerprint density at radius 2 is 0.941 bits per heavy atom. The van der Waals surface area contributed by atoms with E-state index in [2.05, 4.69) is 20.6 Å². The average Bonchev–Trinajstić information content (AvgIpc) is 2.35. The van der Waals surface area contributed by atoms with Gasteiger partial charge in [-0.15, -0.1) is 0 Å². The molecule has 8 nitrogen and oxygen atoms in total. The zero-order chi connectivity index (χ0) is 13.1. The van der Waals surface area contributed by atoms with Gasteiger partial charge in [-0.05, 0) is 27.7 Å². The second-order valence-electron chi connectivity index (χ2n) is 2.72. The SMILES string of the molecule is CC(=N[O-])C(C)=NO.CC(=N[O-])C(C)=NO.[Co+2]. The van der Waals surface area contributed by atoms with Gasteiger partial charge < -0.3 is 31.1 Å². The number of hydrogen-bond acceptors (Lipinski definition) is 8. The monoisotopic (exact) mass is 289 g/mol. The molecule has 1 radical (unpaired) electrons. The molecule has 0 heterocycles. The van der Waals surface area contributed by atoms with E-state index in [9.17, 15) is 10.4 Å². The van der Waals surface area contributed by atoms with Crippen LogP contribution in [0.2, 0.25) is 0 Å². The molecule has 0 aliphatic heterocycles. The topological polar surface area (TPSA) is 136 Å². The van der Waals surface area contributed by atoms with E-state index in [-0.39, 0.29) is 39.6 Å². The predicted octanol–water partition coefficient (Wildman–Crippen LogP) is 1.59. The van der Waals surface area contributed by atoms with Crippen LogP contribution in [0, 0.1) is 10.4 Å². The molecule has 0 amide bonds. The van der Waals surface area contributed by atoms with Gasteiger partial charge in [0.05, 0.1) is 22.8 Å². The fraction of sp³-hybridized carbons (Fsp3) is 0.500. The van der Waals surface area contributed by atoms with Crippen LogP contribution in [-0.4, -0.2) is 33.3 Å². The predicted molar refractivity (Wildman–Crippen MR) is 62.7 cm³/mol. The Labute approximate surface area is 109 Å². The average molecular weight is 289 g/mol. The fourth-order valence-electron chi connectivity index (χ4n) is 0.277. The summed E-state index contributed by atoms with van der Waals surface area (Å²) >= 11 is 0. The molecule has 0 aromatic heterocycles. The van der Waals surface area contributed by atoms with Crippen molar-refractivity contribution in [3.05, 3.63) is 10.4 Å². The van der Waals surface area contributed by atoms with E-state index in [0.717, 1.165) is 0 Å². The van der Waals surface area contributed by atoms with Crippen molar-refractivity contribution in [2.45, 2.75) is 27.7 Å². The summed E-state index contributed by atoms with van der Waals surface area (Å²) < 4.78 is 0. The van der Waals surface area contributed by atoms with Gasteiger partial charge in [0, 0.05) is 0 Å². The maximum Gasteiger partial charge on any atom is 2.00 e. The first kappa shape index (κ1) is 20.8. The van der Waals surface area contributed by atoms with Crippen molar-refractivity contribution in [2.24, 2.45) is 20.6 Å². The van der Waals surface area contributed by atoms with Crippen molar-refractivity contribution in [2.75, 3.05) is 0 Å². The van der Waals surface area contributed by atoms with Crippen molar-refractivity contribution < 1.29 is 27.2 Å². The van der Waals surface area contributed by atoms with E-state index in [1.165, 1.54) is 27.7 Å². The zero-order valence-corrected chi connectivity index (χ0v) is 10.9. The van der Waals surface area contributed by atoms with E-state index >= 15 is 0 Å². The third-order valence-corrected chi connectivity index (χ3v) is 1.62. The van der Waals surface area contributed by atoms with Gasteiger partial charge in [0.15, 0.2) is 0 Å². The Balaban J connectivity index is -0.000000218. The normalized spacial score (nSPS) is 13.4. The number of oxime groups is 2. The smallest absolute Gasteiger partial charge is 0.792 e. The van der Waals surface area contributed by atoms with Crippen LogP contribution in [0.5, 0.6) is 0 Å². The first-order valence-corrected chi connectivity index (χ1v) is 4.16. The van der Waals surface area contributed by atoms with Gasteiger partial charge in [-0.25, -0.2) is 0 Å². The third kappa shape index (κ3) is 10.7. The van der Waals surface area contributed by atoms with Crippen molar-refractivity contribution in [3.8, 4) is 0 Å². The largest absolute Gasteiger partial charge is 2.00 e. The minimum atomic E-state index is 0. The van der Waals surface area contributed by atoms with Crippen LogP contribution in [0.25, 0.3) is 0 Å². The molecule has 0 aliphatic rings. The van der Waals surface area contributed by atoms with Crippen molar-refractivity contribution >= 4 is 22.8 Å². The molecule has 0 fully saturated rings. The van der Waals surface area contributed by atoms with Gasteiger partial charge in [-0.3, -0.25) is 0 Å². The molecule has 0 aromatic rings. The molecule has 0 atom stereocenters. The molecule has 0 saturated heterocycles. The second kappa shape index (κ2) is 12.5. The maximum atomic E-state index is 9.63. The number of rotatable bonds is 2. The second-order valence-corrected chi connectivity index (χ2v) is 2.72. The van der Waals surface area contributed by atoms with E-state index < -0.39 is 0 Å². The van der Waals surface area contributed by atoms with Crippen LogP contribution < -0.4 is 0 Å². The molecule has 2 N–H and O–H groups in total. The van der Waals surface area contributed by atoms with Gasteiger partial charge >= 0.3 is 16.8 Å². The summed E-state index contributed by atoms with van der Waals surface area (Å²) in [6.45, 7) is 5.94. The quantitative estimate of drug-likeness (QED) is 0.453. The molecule has 0 saturated carbocycles. The number of hydrogen-bond donors (Lipinski definition) is 2. The molecular weight excluding hydrogens is 275 g/mol. The van der Waals surface area contributed by atoms with Crippen molar-refractivity contribution in [1.29, 1.82) is 0 Å². The molecular formula is C8H14CoN4O4. The van der Waals surface area contributed by atoms with E-state index in [0.29, 0.717) is 0 Å². The van der Waals surface area contributed by atoms with Gasteiger partial charge in [-0.1, -0.05) is 10.3 Å². The molecule has 0 aromatic carbocycles. The molecule has 0 rings (SSSR count). The minimum absolute atomic E-state index is 0. The van der Waals surface area contributed by atoms with Crippen LogP contribution in [0.4, 0.5) is 0 Å². The molecule has 9 heteroatoms. The first-order valence-electron chi connectivity index (χ1n) is 4.16.